The zero-order valence-electron chi connectivity index (χ0n) is 15.8. The van der Waals surface area contributed by atoms with Crippen LogP contribution in [0.4, 0.5) is 8.78 Å². The fourth-order valence-corrected chi connectivity index (χ4v) is 4.26. The van der Waals surface area contributed by atoms with Crippen molar-refractivity contribution in [2.24, 2.45) is 0 Å². The smallest absolute Gasteiger partial charge is 0.253 e. The minimum absolute atomic E-state index is 0.0122. The molecule has 0 atom stereocenters. The lowest BCUT2D eigenvalue weighted by Gasteiger charge is -2.10. The predicted octanol–water partition coefficient (Wildman–Crippen LogP) is 4.68. The van der Waals surface area contributed by atoms with Gasteiger partial charge in [-0.05, 0) is 47.5 Å². The number of halogens is 4. The van der Waals surface area contributed by atoms with Crippen molar-refractivity contribution in [2.45, 2.75) is 18.0 Å². The molecular weight excluding hydrogens is 469 g/mol. The second-order valence-electron chi connectivity index (χ2n) is 6.53. The molecule has 2 N–H and O–H groups in total. The van der Waals surface area contributed by atoms with E-state index in [0.29, 0.717) is 11.1 Å². The first-order valence-corrected chi connectivity index (χ1v) is 11.2. The van der Waals surface area contributed by atoms with E-state index in [0.717, 1.165) is 12.1 Å². The van der Waals surface area contributed by atoms with Crippen LogP contribution in [0.3, 0.4) is 0 Å². The number of benzene rings is 3. The molecule has 3 aromatic rings. The molecular formula is C21H16Cl2F2N2O3S. The van der Waals surface area contributed by atoms with Gasteiger partial charge in [0.2, 0.25) is 10.0 Å². The normalized spacial score (nSPS) is 11.4. The van der Waals surface area contributed by atoms with Crippen molar-refractivity contribution in [3.8, 4) is 0 Å². The van der Waals surface area contributed by atoms with Crippen LogP contribution in [0.15, 0.2) is 65.6 Å². The lowest BCUT2D eigenvalue weighted by atomic mass is 10.2. The highest BCUT2D eigenvalue weighted by molar-refractivity contribution is 7.89. The summed E-state index contributed by atoms with van der Waals surface area (Å²) in [5.41, 5.74) is 0.871. The first-order chi connectivity index (χ1) is 14.7. The minimum atomic E-state index is -3.87. The van der Waals surface area contributed by atoms with Gasteiger partial charge in [0.05, 0.1) is 20.5 Å². The summed E-state index contributed by atoms with van der Waals surface area (Å²) >= 11 is 11.6. The maximum absolute atomic E-state index is 13.6. The number of carbonyl (C=O) groups is 1. The Hall–Kier alpha value is -2.52. The van der Waals surface area contributed by atoms with Gasteiger partial charge in [0.15, 0.2) is 0 Å². The third kappa shape index (κ3) is 6.01. The van der Waals surface area contributed by atoms with Gasteiger partial charge in [-0.3, -0.25) is 4.79 Å². The van der Waals surface area contributed by atoms with Crippen LogP contribution in [0.1, 0.15) is 21.5 Å². The van der Waals surface area contributed by atoms with Crippen molar-refractivity contribution in [2.75, 3.05) is 0 Å². The molecule has 162 valence electrons. The second kappa shape index (κ2) is 9.74. The number of carbonyl (C=O) groups excluding carboxylic acids is 1. The molecule has 0 radical (unpaired) electrons. The Bertz CT molecular complexity index is 1240. The quantitative estimate of drug-likeness (QED) is 0.478. The Balaban J connectivity index is 1.68. The highest BCUT2D eigenvalue weighted by Crippen LogP contribution is 2.24. The summed E-state index contributed by atoms with van der Waals surface area (Å²) in [5.74, 6) is -1.89. The number of amides is 1. The zero-order valence-corrected chi connectivity index (χ0v) is 18.2. The van der Waals surface area contributed by atoms with E-state index in [1.807, 2.05) is 0 Å². The van der Waals surface area contributed by atoms with Crippen LogP contribution in [-0.2, 0) is 23.1 Å². The maximum atomic E-state index is 13.6. The SMILES string of the molecule is O=C(NCc1cccc(S(=O)(=O)NCc2cccc(F)c2)c1)c1cc(F)c(Cl)cc1Cl. The molecule has 3 rings (SSSR count). The van der Waals surface area contributed by atoms with Crippen LogP contribution < -0.4 is 10.0 Å². The summed E-state index contributed by atoms with van der Waals surface area (Å²) in [5, 5.41) is 2.34. The Labute approximate surface area is 188 Å². The van der Waals surface area contributed by atoms with Gasteiger partial charge >= 0.3 is 0 Å². The van der Waals surface area contributed by atoms with Crippen LogP contribution >= 0.6 is 23.2 Å². The summed E-state index contributed by atoms with van der Waals surface area (Å²) in [6, 6.07) is 13.6. The molecule has 0 unspecified atom stereocenters. The molecule has 31 heavy (non-hydrogen) atoms. The van der Waals surface area contributed by atoms with Crippen LogP contribution in [-0.4, -0.2) is 14.3 Å². The molecule has 0 fully saturated rings. The van der Waals surface area contributed by atoms with E-state index in [4.69, 9.17) is 23.2 Å². The van der Waals surface area contributed by atoms with Crippen LogP contribution in [0, 0.1) is 11.6 Å². The van der Waals surface area contributed by atoms with Gasteiger partial charge in [0.1, 0.15) is 11.6 Å². The van der Waals surface area contributed by atoms with E-state index in [-0.39, 0.29) is 33.6 Å². The van der Waals surface area contributed by atoms with E-state index < -0.39 is 27.6 Å². The molecule has 0 saturated carbocycles. The largest absolute Gasteiger partial charge is 0.348 e. The van der Waals surface area contributed by atoms with Gasteiger partial charge < -0.3 is 5.32 Å². The van der Waals surface area contributed by atoms with E-state index in [9.17, 15) is 22.0 Å². The standard InChI is InChI=1S/C21H16Cl2F2N2O3S/c22-18-10-19(23)20(25)9-17(18)21(28)26-11-14-4-2-6-16(8-14)31(29,30)27-12-13-3-1-5-15(24)7-13/h1-10,27H,11-12H2,(H,26,28). The van der Waals surface area contributed by atoms with Crippen LogP contribution in [0.25, 0.3) is 0 Å². The fraction of sp³-hybridized carbons (Fsp3) is 0.0952. The van der Waals surface area contributed by atoms with Gasteiger partial charge in [-0.15, -0.1) is 0 Å². The third-order valence-corrected chi connectivity index (χ3v) is 6.27. The monoisotopic (exact) mass is 484 g/mol. The summed E-state index contributed by atoms with van der Waals surface area (Å²) in [4.78, 5) is 12.3. The van der Waals surface area contributed by atoms with Gasteiger partial charge in [0, 0.05) is 13.1 Å². The number of hydrogen-bond acceptors (Lipinski definition) is 3. The molecule has 0 heterocycles. The van der Waals surface area contributed by atoms with Gasteiger partial charge in [-0.25, -0.2) is 21.9 Å². The number of nitrogens with one attached hydrogen (secondary N) is 2. The van der Waals surface area contributed by atoms with Crippen molar-refractivity contribution in [1.29, 1.82) is 0 Å². The Morgan fingerprint density at radius 2 is 1.55 bits per heavy atom. The Kier molecular flexibility index (Phi) is 7.27. The summed E-state index contributed by atoms with van der Waals surface area (Å²) in [6.45, 7) is -0.103. The molecule has 0 aliphatic rings. The second-order valence-corrected chi connectivity index (χ2v) is 9.11. The van der Waals surface area contributed by atoms with Crippen molar-refractivity contribution < 1.29 is 22.0 Å². The summed E-state index contributed by atoms with van der Waals surface area (Å²) < 4.78 is 54.4. The first kappa shape index (κ1) is 23.1. The zero-order chi connectivity index (χ0) is 22.6. The molecule has 3 aromatic carbocycles. The third-order valence-electron chi connectivity index (χ3n) is 4.27. The van der Waals surface area contributed by atoms with Crippen molar-refractivity contribution >= 4 is 39.1 Å². The van der Waals surface area contributed by atoms with E-state index >= 15 is 0 Å². The molecule has 1 amide bonds. The highest BCUT2D eigenvalue weighted by Gasteiger charge is 2.16. The van der Waals surface area contributed by atoms with Gasteiger partial charge in [0.25, 0.3) is 5.91 Å². The predicted molar refractivity (Wildman–Crippen MR) is 114 cm³/mol. The van der Waals surface area contributed by atoms with E-state index in [2.05, 4.69) is 10.0 Å². The van der Waals surface area contributed by atoms with Gasteiger partial charge in [-0.2, -0.15) is 0 Å². The van der Waals surface area contributed by atoms with Gasteiger partial charge in [-0.1, -0.05) is 47.5 Å². The molecule has 0 bridgehead atoms. The molecule has 0 spiro atoms. The molecule has 0 saturated heterocycles. The number of sulfonamides is 1. The summed E-state index contributed by atoms with van der Waals surface area (Å²) in [7, 11) is -3.87. The Morgan fingerprint density at radius 3 is 2.26 bits per heavy atom. The lowest BCUT2D eigenvalue weighted by molar-refractivity contribution is 0.0950. The van der Waals surface area contributed by atoms with Crippen LogP contribution in [0.5, 0.6) is 0 Å². The molecule has 0 aliphatic carbocycles. The first-order valence-electron chi connectivity index (χ1n) is 8.91. The maximum Gasteiger partial charge on any atom is 0.253 e. The van der Waals surface area contributed by atoms with Crippen molar-refractivity contribution in [3.05, 3.63) is 99.0 Å². The Morgan fingerprint density at radius 1 is 0.871 bits per heavy atom. The molecule has 10 heteroatoms. The topological polar surface area (TPSA) is 75.3 Å². The molecule has 0 aromatic heterocycles. The fourth-order valence-electron chi connectivity index (χ4n) is 2.71. The average molecular weight is 485 g/mol. The van der Waals surface area contributed by atoms with Crippen LogP contribution in [0.2, 0.25) is 10.0 Å². The lowest BCUT2D eigenvalue weighted by Crippen LogP contribution is -2.25. The van der Waals surface area contributed by atoms with E-state index in [1.54, 1.807) is 12.1 Å². The van der Waals surface area contributed by atoms with E-state index in [1.165, 1.54) is 36.4 Å². The number of rotatable bonds is 7. The van der Waals surface area contributed by atoms with Crippen molar-refractivity contribution in [3.63, 3.8) is 0 Å². The minimum Gasteiger partial charge on any atom is -0.348 e. The van der Waals surface area contributed by atoms with Crippen molar-refractivity contribution in [1.82, 2.24) is 10.0 Å². The molecule has 0 aliphatic heterocycles. The molecule has 5 nitrogen and oxygen atoms in total. The summed E-state index contributed by atoms with van der Waals surface area (Å²) in [6.07, 6.45) is 0. The average Bonchev–Trinajstić information content (AvgIpc) is 2.73. The highest BCUT2D eigenvalue weighted by atomic mass is 35.5. The number of hydrogen-bond donors (Lipinski definition) is 2.